The zero-order valence-electron chi connectivity index (χ0n) is 15.8. The molecule has 0 spiro atoms. The number of hydrogen-bond acceptors (Lipinski definition) is 8. The van der Waals surface area contributed by atoms with Crippen molar-refractivity contribution in [2.45, 2.75) is 19.4 Å². The first kappa shape index (κ1) is 21.3. The van der Waals surface area contributed by atoms with Crippen molar-refractivity contribution in [3.63, 3.8) is 0 Å². The van der Waals surface area contributed by atoms with Crippen molar-refractivity contribution in [2.75, 3.05) is 14.2 Å². The van der Waals surface area contributed by atoms with Crippen molar-refractivity contribution in [1.82, 2.24) is 4.98 Å². The maximum Gasteiger partial charge on any atom is 0.306 e. The lowest BCUT2D eigenvalue weighted by Gasteiger charge is -2.10. The number of rotatable bonds is 9. The van der Waals surface area contributed by atoms with Gasteiger partial charge in [-0.2, -0.15) is 0 Å². The second kappa shape index (κ2) is 9.87. The maximum atomic E-state index is 12.0. The maximum absolute atomic E-state index is 12.0. The minimum Gasteiger partial charge on any atom is -0.493 e. The van der Waals surface area contributed by atoms with Gasteiger partial charge in [0.1, 0.15) is 11.6 Å². The van der Waals surface area contributed by atoms with E-state index < -0.39 is 5.97 Å². The normalized spacial score (nSPS) is 10.6. The van der Waals surface area contributed by atoms with E-state index in [0.717, 1.165) is 10.6 Å². The molecule has 0 amide bonds. The number of ketones is 1. The number of thiophene rings is 1. The van der Waals surface area contributed by atoms with Gasteiger partial charge in [-0.1, -0.05) is 17.7 Å². The van der Waals surface area contributed by atoms with Gasteiger partial charge in [-0.15, -0.1) is 22.7 Å². The number of carbonyl (C=O) groups is 2. The van der Waals surface area contributed by atoms with E-state index in [9.17, 15) is 9.59 Å². The highest BCUT2D eigenvalue weighted by Crippen LogP contribution is 2.39. The van der Waals surface area contributed by atoms with E-state index in [1.165, 1.54) is 22.7 Å². The van der Waals surface area contributed by atoms with Crippen molar-refractivity contribution in [2.24, 2.45) is 0 Å². The fourth-order valence-electron chi connectivity index (χ4n) is 2.58. The standard InChI is InChI=1S/C20H18ClNO5S2/c1-25-15-5-3-4-13(19(15)26-2)20-22-12(11-28-20)10-27-18(24)9-6-14(23)16-7-8-17(21)29-16/h3-5,7-8,11H,6,9-10H2,1-2H3. The number of halogens is 1. The van der Waals surface area contributed by atoms with Crippen molar-refractivity contribution in [3.8, 4) is 22.1 Å². The number of esters is 1. The summed E-state index contributed by atoms with van der Waals surface area (Å²) in [6.07, 6.45) is 0.0913. The summed E-state index contributed by atoms with van der Waals surface area (Å²) in [5.74, 6) is 0.638. The third kappa shape index (κ3) is 5.35. The minimum absolute atomic E-state index is 0.00898. The number of methoxy groups -OCH3 is 2. The second-order valence-electron chi connectivity index (χ2n) is 5.87. The molecule has 0 bridgehead atoms. The zero-order chi connectivity index (χ0) is 20.8. The molecule has 3 aromatic rings. The van der Waals surface area contributed by atoms with Gasteiger partial charge < -0.3 is 14.2 Å². The zero-order valence-corrected chi connectivity index (χ0v) is 18.2. The lowest BCUT2D eigenvalue weighted by molar-refractivity contribution is -0.145. The highest BCUT2D eigenvalue weighted by Gasteiger charge is 2.16. The SMILES string of the molecule is COc1cccc(-c2nc(COC(=O)CCC(=O)c3ccc(Cl)s3)cs2)c1OC. The number of benzene rings is 1. The van der Waals surface area contributed by atoms with Crippen molar-refractivity contribution in [1.29, 1.82) is 0 Å². The fraction of sp³-hybridized carbons (Fsp3) is 0.250. The molecular weight excluding hydrogens is 434 g/mol. The molecule has 9 heteroatoms. The molecule has 6 nitrogen and oxygen atoms in total. The minimum atomic E-state index is -0.450. The first-order chi connectivity index (χ1) is 14.0. The third-order valence-corrected chi connectivity index (χ3v) is 6.17. The molecule has 0 aliphatic rings. The van der Waals surface area contributed by atoms with Crippen LogP contribution in [-0.2, 0) is 16.1 Å². The van der Waals surface area contributed by atoms with Crippen LogP contribution in [-0.4, -0.2) is 31.0 Å². The number of para-hydroxylation sites is 1. The van der Waals surface area contributed by atoms with Gasteiger partial charge >= 0.3 is 5.97 Å². The second-order valence-corrected chi connectivity index (χ2v) is 8.45. The van der Waals surface area contributed by atoms with E-state index in [2.05, 4.69) is 4.98 Å². The Balaban J connectivity index is 1.55. The molecule has 0 aliphatic carbocycles. The molecule has 1 aromatic carbocycles. The predicted octanol–water partition coefficient (Wildman–Crippen LogP) is 5.25. The molecule has 0 radical (unpaired) electrons. The molecular formula is C20H18ClNO5S2. The van der Waals surface area contributed by atoms with Crippen LogP contribution in [0.15, 0.2) is 35.7 Å². The summed E-state index contributed by atoms with van der Waals surface area (Å²) in [6, 6.07) is 8.87. The van der Waals surface area contributed by atoms with Gasteiger partial charge in [0.2, 0.25) is 0 Å². The summed E-state index contributed by atoms with van der Waals surface area (Å²) >= 11 is 8.44. The van der Waals surface area contributed by atoms with Gasteiger partial charge in [-0.25, -0.2) is 4.98 Å². The molecule has 0 unspecified atom stereocenters. The Bertz CT molecular complexity index is 1010. The quantitative estimate of drug-likeness (QED) is 0.327. The molecule has 0 atom stereocenters. The molecule has 2 heterocycles. The van der Waals surface area contributed by atoms with Crippen LogP contribution in [0.3, 0.4) is 0 Å². The van der Waals surface area contributed by atoms with E-state index in [1.807, 2.05) is 23.6 Å². The number of carbonyl (C=O) groups excluding carboxylic acids is 2. The van der Waals surface area contributed by atoms with E-state index in [4.69, 9.17) is 25.8 Å². The van der Waals surface area contributed by atoms with E-state index in [0.29, 0.717) is 26.4 Å². The summed E-state index contributed by atoms with van der Waals surface area (Å²) in [7, 11) is 3.15. The van der Waals surface area contributed by atoms with Crippen LogP contribution in [0.5, 0.6) is 11.5 Å². The van der Waals surface area contributed by atoms with Gasteiger partial charge in [-0.3, -0.25) is 9.59 Å². The smallest absolute Gasteiger partial charge is 0.306 e. The molecule has 0 N–H and O–H groups in total. The average Bonchev–Trinajstić information content (AvgIpc) is 3.38. The largest absolute Gasteiger partial charge is 0.493 e. The molecule has 2 aromatic heterocycles. The molecule has 3 rings (SSSR count). The van der Waals surface area contributed by atoms with Crippen LogP contribution >= 0.6 is 34.3 Å². The van der Waals surface area contributed by atoms with Gasteiger partial charge in [0.15, 0.2) is 17.3 Å². The Morgan fingerprint density at radius 3 is 2.62 bits per heavy atom. The highest BCUT2D eigenvalue weighted by atomic mass is 35.5. The number of Topliss-reactive ketones (excluding diaryl/α,β-unsaturated/α-hetero) is 1. The summed E-state index contributed by atoms with van der Waals surface area (Å²) in [4.78, 5) is 29.0. The van der Waals surface area contributed by atoms with Crippen LogP contribution < -0.4 is 9.47 Å². The molecule has 152 valence electrons. The van der Waals surface area contributed by atoms with Crippen LogP contribution in [0, 0.1) is 0 Å². The molecule has 0 saturated heterocycles. The van der Waals surface area contributed by atoms with Crippen molar-refractivity contribution >= 4 is 46.0 Å². The molecule has 0 aliphatic heterocycles. The van der Waals surface area contributed by atoms with E-state index in [1.54, 1.807) is 26.4 Å². The number of nitrogens with zero attached hydrogens (tertiary/aromatic N) is 1. The first-order valence-corrected chi connectivity index (χ1v) is 10.7. The topological polar surface area (TPSA) is 74.7 Å². The van der Waals surface area contributed by atoms with Crippen LogP contribution in [0.1, 0.15) is 28.2 Å². The summed E-state index contributed by atoms with van der Waals surface area (Å²) in [6.45, 7) is 0.0423. The monoisotopic (exact) mass is 451 g/mol. The van der Waals surface area contributed by atoms with Crippen LogP contribution in [0.2, 0.25) is 4.34 Å². The van der Waals surface area contributed by atoms with Crippen molar-refractivity contribution < 1.29 is 23.8 Å². The average molecular weight is 452 g/mol. The van der Waals surface area contributed by atoms with Gasteiger partial charge in [0.25, 0.3) is 0 Å². The highest BCUT2D eigenvalue weighted by molar-refractivity contribution is 7.18. The summed E-state index contributed by atoms with van der Waals surface area (Å²) < 4.78 is 16.5. The Morgan fingerprint density at radius 2 is 1.93 bits per heavy atom. The Labute approximate surface area is 181 Å². The number of aromatic nitrogens is 1. The van der Waals surface area contributed by atoms with Crippen LogP contribution in [0.25, 0.3) is 10.6 Å². The predicted molar refractivity (Wildman–Crippen MR) is 113 cm³/mol. The Morgan fingerprint density at radius 1 is 1.10 bits per heavy atom. The van der Waals surface area contributed by atoms with Gasteiger partial charge in [0, 0.05) is 11.8 Å². The van der Waals surface area contributed by atoms with Gasteiger partial charge in [0.05, 0.1) is 41.1 Å². The molecule has 0 saturated carbocycles. The van der Waals surface area contributed by atoms with Crippen molar-refractivity contribution in [3.05, 3.63) is 50.6 Å². The van der Waals surface area contributed by atoms with Gasteiger partial charge in [-0.05, 0) is 24.3 Å². The number of thiazole rings is 1. The Kier molecular flexibility index (Phi) is 7.24. The number of hydrogen-bond donors (Lipinski definition) is 0. The molecule has 0 fully saturated rings. The fourth-order valence-corrected chi connectivity index (χ4v) is 4.42. The molecule has 29 heavy (non-hydrogen) atoms. The lowest BCUT2D eigenvalue weighted by Crippen LogP contribution is -2.07. The summed E-state index contributed by atoms with van der Waals surface area (Å²) in [5, 5.41) is 2.55. The Hall–Kier alpha value is -2.42. The number of ether oxygens (including phenoxy) is 3. The van der Waals surface area contributed by atoms with E-state index in [-0.39, 0.29) is 25.2 Å². The third-order valence-electron chi connectivity index (χ3n) is 3.97. The first-order valence-electron chi connectivity index (χ1n) is 8.61. The van der Waals surface area contributed by atoms with Crippen LogP contribution in [0.4, 0.5) is 0 Å². The lowest BCUT2D eigenvalue weighted by atomic mass is 10.2. The summed E-state index contributed by atoms with van der Waals surface area (Å²) in [5.41, 5.74) is 1.43. The van der Waals surface area contributed by atoms with E-state index >= 15 is 0 Å².